The topological polar surface area (TPSA) is 29.1 Å². The fraction of sp³-hybridized carbons (Fsp3) is 0.357. The first-order valence-electron chi connectivity index (χ1n) is 5.89. The molecule has 0 saturated carbocycles. The monoisotopic (exact) mass is 233 g/mol. The molecular formula is C14H16FNO. The summed E-state index contributed by atoms with van der Waals surface area (Å²) < 4.78 is 13.1. The largest absolute Gasteiger partial charge is 0.325 e. The number of halogens is 1. The molecule has 1 aromatic carbocycles. The van der Waals surface area contributed by atoms with Crippen LogP contribution >= 0.6 is 0 Å². The smallest absolute Gasteiger partial charge is 0.227 e. The Bertz CT molecular complexity index is 454. The van der Waals surface area contributed by atoms with Crippen LogP contribution in [0.15, 0.2) is 30.4 Å². The summed E-state index contributed by atoms with van der Waals surface area (Å²) >= 11 is 0. The third-order valence-corrected chi connectivity index (χ3v) is 3.10. The van der Waals surface area contributed by atoms with Gasteiger partial charge in [-0.1, -0.05) is 18.2 Å². The van der Waals surface area contributed by atoms with E-state index < -0.39 is 0 Å². The Balaban J connectivity index is 2.07. The minimum atomic E-state index is -0.325. The van der Waals surface area contributed by atoms with Crippen LogP contribution in [0.2, 0.25) is 0 Å². The zero-order valence-electron chi connectivity index (χ0n) is 9.87. The zero-order chi connectivity index (χ0) is 12.3. The van der Waals surface area contributed by atoms with Crippen LogP contribution in [0, 0.1) is 18.7 Å². The van der Waals surface area contributed by atoms with Crippen molar-refractivity contribution in [2.75, 3.05) is 5.32 Å². The molecule has 0 radical (unpaired) electrons. The maximum Gasteiger partial charge on any atom is 0.227 e. The number of allylic oxidation sites excluding steroid dienone is 2. The van der Waals surface area contributed by atoms with E-state index in [2.05, 4.69) is 11.4 Å². The van der Waals surface area contributed by atoms with Crippen molar-refractivity contribution in [3.05, 3.63) is 41.7 Å². The van der Waals surface area contributed by atoms with Crippen LogP contribution in [-0.2, 0) is 4.79 Å². The standard InChI is InChI=1S/C14H16FNO/c1-10-7-8-12(15)9-13(10)16-14(17)11-5-3-2-4-6-11/h2-3,7-9,11H,4-6H2,1H3,(H,16,17). The summed E-state index contributed by atoms with van der Waals surface area (Å²) in [5.41, 5.74) is 1.45. The number of carbonyl (C=O) groups excluding carboxylic acids is 1. The van der Waals surface area contributed by atoms with Gasteiger partial charge in [0.1, 0.15) is 5.82 Å². The van der Waals surface area contributed by atoms with E-state index in [-0.39, 0.29) is 17.6 Å². The highest BCUT2D eigenvalue weighted by molar-refractivity contribution is 5.93. The van der Waals surface area contributed by atoms with Gasteiger partial charge in [0.25, 0.3) is 0 Å². The fourth-order valence-electron chi connectivity index (χ4n) is 2.00. The van der Waals surface area contributed by atoms with Gasteiger partial charge >= 0.3 is 0 Å². The maximum atomic E-state index is 13.1. The average molecular weight is 233 g/mol. The van der Waals surface area contributed by atoms with Gasteiger partial charge in [-0.05, 0) is 43.9 Å². The van der Waals surface area contributed by atoms with E-state index in [1.54, 1.807) is 6.07 Å². The number of amides is 1. The molecule has 3 heteroatoms. The highest BCUT2D eigenvalue weighted by Crippen LogP contribution is 2.22. The minimum absolute atomic E-state index is 0.0111. The summed E-state index contributed by atoms with van der Waals surface area (Å²) in [4.78, 5) is 12.0. The SMILES string of the molecule is Cc1ccc(F)cc1NC(=O)C1CC=CCC1. The van der Waals surface area contributed by atoms with Gasteiger partial charge in [-0.2, -0.15) is 0 Å². The second kappa shape index (κ2) is 5.13. The van der Waals surface area contributed by atoms with Gasteiger partial charge in [-0.15, -0.1) is 0 Å². The van der Waals surface area contributed by atoms with Crippen molar-refractivity contribution in [2.24, 2.45) is 5.92 Å². The average Bonchev–Trinajstić information content (AvgIpc) is 2.35. The Kier molecular flexibility index (Phi) is 3.57. The number of nitrogens with one attached hydrogen (secondary N) is 1. The van der Waals surface area contributed by atoms with Gasteiger partial charge in [0.2, 0.25) is 5.91 Å². The van der Waals surface area contributed by atoms with Crippen molar-refractivity contribution in [1.82, 2.24) is 0 Å². The number of hydrogen-bond acceptors (Lipinski definition) is 1. The maximum absolute atomic E-state index is 13.1. The van der Waals surface area contributed by atoms with E-state index in [1.807, 2.05) is 13.0 Å². The lowest BCUT2D eigenvalue weighted by atomic mass is 9.93. The molecule has 17 heavy (non-hydrogen) atoms. The van der Waals surface area contributed by atoms with Crippen LogP contribution < -0.4 is 5.32 Å². The van der Waals surface area contributed by atoms with Crippen molar-refractivity contribution in [2.45, 2.75) is 26.2 Å². The van der Waals surface area contributed by atoms with Crippen molar-refractivity contribution >= 4 is 11.6 Å². The van der Waals surface area contributed by atoms with Gasteiger partial charge < -0.3 is 5.32 Å². The molecule has 1 aliphatic carbocycles. The Morgan fingerprint density at radius 2 is 2.24 bits per heavy atom. The Morgan fingerprint density at radius 3 is 2.94 bits per heavy atom. The lowest BCUT2D eigenvalue weighted by Crippen LogP contribution is -2.23. The van der Waals surface area contributed by atoms with Gasteiger partial charge in [0, 0.05) is 11.6 Å². The van der Waals surface area contributed by atoms with E-state index in [0.717, 1.165) is 24.8 Å². The van der Waals surface area contributed by atoms with Gasteiger partial charge in [-0.3, -0.25) is 4.79 Å². The number of carbonyl (C=O) groups is 1. The molecule has 0 aromatic heterocycles. The number of benzene rings is 1. The molecule has 0 aliphatic heterocycles. The van der Waals surface area contributed by atoms with Crippen LogP contribution in [-0.4, -0.2) is 5.91 Å². The van der Waals surface area contributed by atoms with E-state index in [9.17, 15) is 9.18 Å². The summed E-state index contributed by atoms with van der Waals surface area (Å²) in [5, 5.41) is 2.81. The lowest BCUT2D eigenvalue weighted by molar-refractivity contribution is -0.120. The number of rotatable bonds is 2. The first-order chi connectivity index (χ1) is 8.16. The Labute approximate surface area is 101 Å². The van der Waals surface area contributed by atoms with Gasteiger partial charge in [0.15, 0.2) is 0 Å². The van der Waals surface area contributed by atoms with Crippen LogP contribution in [0.25, 0.3) is 0 Å². The highest BCUT2D eigenvalue weighted by atomic mass is 19.1. The molecule has 1 atom stereocenters. The summed E-state index contributed by atoms with van der Waals surface area (Å²) in [7, 11) is 0. The van der Waals surface area contributed by atoms with Crippen molar-refractivity contribution in [1.29, 1.82) is 0 Å². The van der Waals surface area contributed by atoms with Gasteiger partial charge in [0.05, 0.1) is 0 Å². The molecule has 1 unspecified atom stereocenters. The number of aryl methyl sites for hydroxylation is 1. The van der Waals surface area contributed by atoms with Crippen LogP contribution in [0.1, 0.15) is 24.8 Å². The molecule has 0 heterocycles. The second-order valence-electron chi connectivity index (χ2n) is 4.43. The molecular weight excluding hydrogens is 217 g/mol. The molecule has 90 valence electrons. The third-order valence-electron chi connectivity index (χ3n) is 3.10. The van der Waals surface area contributed by atoms with E-state index in [0.29, 0.717) is 5.69 Å². The molecule has 2 nitrogen and oxygen atoms in total. The van der Waals surface area contributed by atoms with Crippen LogP contribution in [0.4, 0.5) is 10.1 Å². The zero-order valence-corrected chi connectivity index (χ0v) is 9.87. The summed E-state index contributed by atoms with van der Waals surface area (Å²) in [6, 6.07) is 4.44. The summed E-state index contributed by atoms with van der Waals surface area (Å²) in [5.74, 6) is -0.319. The van der Waals surface area contributed by atoms with Gasteiger partial charge in [-0.25, -0.2) is 4.39 Å². The quantitative estimate of drug-likeness (QED) is 0.779. The predicted molar refractivity (Wildman–Crippen MR) is 66.2 cm³/mol. The van der Waals surface area contributed by atoms with Crippen molar-refractivity contribution < 1.29 is 9.18 Å². The molecule has 0 saturated heterocycles. The van der Waals surface area contributed by atoms with E-state index in [4.69, 9.17) is 0 Å². The number of anilines is 1. The Morgan fingerprint density at radius 1 is 1.41 bits per heavy atom. The third kappa shape index (κ3) is 2.93. The molecule has 2 rings (SSSR count). The highest BCUT2D eigenvalue weighted by Gasteiger charge is 2.19. The Hall–Kier alpha value is -1.64. The fourth-order valence-corrected chi connectivity index (χ4v) is 2.00. The first-order valence-corrected chi connectivity index (χ1v) is 5.89. The summed E-state index contributed by atoms with van der Waals surface area (Å²) in [6.07, 6.45) is 6.72. The van der Waals surface area contributed by atoms with E-state index in [1.165, 1.54) is 12.1 Å². The minimum Gasteiger partial charge on any atom is -0.325 e. The van der Waals surface area contributed by atoms with E-state index >= 15 is 0 Å². The summed E-state index contributed by atoms with van der Waals surface area (Å²) in [6.45, 7) is 1.86. The normalized spacial score (nSPS) is 19.1. The number of hydrogen-bond donors (Lipinski definition) is 1. The first kappa shape index (κ1) is 11.8. The molecule has 1 aromatic rings. The molecule has 0 fully saturated rings. The molecule has 0 spiro atoms. The van der Waals surface area contributed by atoms with Crippen molar-refractivity contribution in [3.8, 4) is 0 Å². The van der Waals surface area contributed by atoms with Crippen LogP contribution in [0.3, 0.4) is 0 Å². The molecule has 0 bridgehead atoms. The predicted octanol–water partition coefficient (Wildman–Crippen LogP) is 3.43. The van der Waals surface area contributed by atoms with Crippen molar-refractivity contribution in [3.63, 3.8) is 0 Å². The second-order valence-corrected chi connectivity index (χ2v) is 4.43. The molecule has 1 N–H and O–H groups in total. The molecule has 1 amide bonds. The molecule has 1 aliphatic rings. The van der Waals surface area contributed by atoms with Crippen LogP contribution in [0.5, 0.6) is 0 Å². The lowest BCUT2D eigenvalue weighted by Gasteiger charge is -2.18.